The van der Waals surface area contributed by atoms with E-state index in [1.54, 1.807) is 12.1 Å². The van der Waals surface area contributed by atoms with Crippen LogP contribution < -0.4 is 5.32 Å². The molecule has 0 atom stereocenters. The molecule has 0 unspecified atom stereocenters. The first kappa shape index (κ1) is 12.9. The molecular weight excluding hydrogens is 312 g/mol. The van der Waals surface area contributed by atoms with Crippen molar-refractivity contribution in [3.05, 3.63) is 57.0 Å². The zero-order valence-corrected chi connectivity index (χ0v) is 12.0. The molecule has 1 N–H and O–H groups in total. The number of aryl methyl sites for hydroxylation is 1. The van der Waals surface area contributed by atoms with E-state index in [0.29, 0.717) is 10.6 Å². The minimum atomic E-state index is 0.613. The number of anilines is 2. The lowest BCUT2D eigenvalue weighted by Crippen LogP contribution is -1.93. The van der Waals surface area contributed by atoms with Crippen molar-refractivity contribution in [2.24, 2.45) is 0 Å². The lowest BCUT2D eigenvalue weighted by molar-refractivity contribution is 1.44. The average molecular weight is 322 g/mol. The van der Waals surface area contributed by atoms with Gasteiger partial charge in [-0.25, -0.2) is 0 Å². The molecule has 2 rings (SSSR count). The molecule has 0 bridgehead atoms. The Morgan fingerprint density at radius 2 is 1.89 bits per heavy atom. The molecule has 2 aromatic rings. The Kier molecular flexibility index (Phi) is 3.90. The highest BCUT2D eigenvalue weighted by molar-refractivity contribution is 9.10. The highest BCUT2D eigenvalue weighted by atomic mass is 79.9. The number of rotatable bonds is 2. The monoisotopic (exact) mass is 320 g/mol. The summed E-state index contributed by atoms with van der Waals surface area (Å²) in [4.78, 5) is 0. The van der Waals surface area contributed by atoms with Gasteiger partial charge in [-0.15, -0.1) is 0 Å². The zero-order chi connectivity index (χ0) is 13.1. The van der Waals surface area contributed by atoms with Gasteiger partial charge in [-0.1, -0.05) is 17.7 Å². The van der Waals surface area contributed by atoms with E-state index >= 15 is 0 Å². The molecule has 0 aliphatic heterocycles. The molecule has 0 amide bonds. The van der Waals surface area contributed by atoms with Crippen LogP contribution in [0.4, 0.5) is 11.4 Å². The van der Waals surface area contributed by atoms with Crippen molar-refractivity contribution in [3.63, 3.8) is 0 Å². The number of nitriles is 1. The Balaban J connectivity index is 2.32. The van der Waals surface area contributed by atoms with Gasteiger partial charge in [0.25, 0.3) is 0 Å². The number of hydrogen-bond acceptors (Lipinski definition) is 2. The third-order valence-corrected chi connectivity index (χ3v) is 3.46. The summed E-state index contributed by atoms with van der Waals surface area (Å²) in [6, 6.07) is 13.3. The third kappa shape index (κ3) is 2.84. The van der Waals surface area contributed by atoms with E-state index in [4.69, 9.17) is 16.9 Å². The molecule has 2 nitrogen and oxygen atoms in total. The lowest BCUT2D eigenvalue weighted by Gasteiger charge is -2.10. The van der Waals surface area contributed by atoms with Crippen molar-refractivity contribution in [2.75, 3.05) is 5.32 Å². The second-order valence-electron chi connectivity index (χ2n) is 3.91. The number of nitrogens with one attached hydrogen (secondary N) is 1. The first-order chi connectivity index (χ1) is 8.60. The van der Waals surface area contributed by atoms with E-state index in [1.807, 2.05) is 31.2 Å². The quantitative estimate of drug-likeness (QED) is 0.842. The third-order valence-electron chi connectivity index (χ3n) is 2.49. The molecule has 0 aromatic heterocycles. The smallest absolute Gasteiger partial charge is 0.0992 e. The van der Waals surface area contributed by atoms with Gasteiger partial charge in [0.2, 0.25) is 0 Å². The van der Waals surface area contributed by atoms with E-state index in [9.17, 15) is 0 Å². The largest absolute Gasteiger partial charge is 0.353 e. The molecule has 90 valence electrons. The number of hydrogen-bond donors (Lipinski definition) is 1. The van der Waals surface area contributed by atoms with Crippen LogP contribution in [0, 0.1) is 18.3 Å². The van der Waals surface area contributed by atoms with Crippen molar-refractivity contribution in [1.29, 1.82) is 5.26 Å². The molecule has 0 radical (unpaired) electrons. The van der Waals surface area contributed by atoms with E-state index in [2.05, 4.69) is 27.3 Å². The molecule has 0 heterocycles. The van der Waals surface area contributed by atoms with Crippen molar-refractivity contribution < 1.29 is 0 Å². The van der Waals surface area contributed by atoms with Crippen LogP contribution in [-0.2, 0) is 0 Å². The second kappa shape index (κ2) is 5.43. The summed E-state index contributed by atoms with van der Waals surface area (Å²) in [5, 5.41) is 12.7. The van der Waals surface area contributed by atoms with Gasteiger partial charge in [0.1, 0.15) is 0 Å². The van der Waals surface area contributed by atoms with Crippen molar-refractivity contribution >= 4 is 38.9 Å². The Morgan fingerprint density at radius 3 is 2.50 bits per heavy atom. The topological polar surface area (TPSA) is 35.8 Å². The summed E-state index contributed by atoms with van der Waals surface area (Å²) in [5.74, 6) is 0. The van der Waals surface area contributed by atoms with E-state index in [-0.39, 0.29) is 0 Å². The molecule has 18 heavy (non-hydrogen) atoms. The molecule has 0 saturated carbocycles. The van der Waals surface area contributed by atoms with Gasteiger partial charge in [0.15, 0.2) is 0 Å². The maximum Gasteiger partial charge on any atom is 0.0992 e. The van der Waals surface area contributed by atoms with Gasteiger partial charge in [-0.05, 0) is 58.7 Å². The Labute approximate surface area is 119 Å². The maximum atomic E-state index is 8.80. The fraction of sp³-hybridized carbons (Fsp3) is 0.0714. The summed E-state index contributed by atoms with van der Waals surface area (Å²) in [5.41, 5.74) is 3.44. The Morgan fingerprint density at radius 1 is 1.17 bits per heavy atom. The lowest BCUT2D eigenvalue weighted by atomic mass is 10.2. The van der Waals surface area contributed by atoms with E-state index < -0.39 is 0 Å². The summed E-state index contributed by atoms with van der Waals surface area (Å²) < 4.78 is 0.832. The predicted molar refractivity (Wildman–Crippen MR) is 78.3 cm³/mol. The Hall–Kier alpha value is -1.50. The summed E-state index contributed by atoms with van der Waals surface area (Å²) in [6.45, 7) is 1.99. The molecule has 0 aliphatic carbocycles. The standard InChI is InChI=1S/C14H10BrClN2/c1-9-2-4-14(12(16)6-9)18-13-5-3-10(8-17)7-11(13)15/h2-7,18H,1H3. The van der Waals surface area contributed by atoms with E-state index in [1.165, 1.54) is 0 Å². The summed E-state index contributed by atoms with van der Waals surface area (Å²) >= 11 is 9.59. The van der Waals surface area contributed by atoms with E-state index in [0.717, 1.165) is 21.4 Å². The number of benzene rings is 2. The highest BCUT2D eigenvalue weighted by Crippen LogP contribution is 2.30. The molecule has 0 spiro atoms. The van der Waals surface area contributed by atoms with Crippen LogP contribution in [0.2, 0.25) is 5.02 Å². The fourth-order valence-electron chi connectivity index (χ4n) is 1.55. The normalized spacial score (nSPS) is 9.89. The maximum absolute atomic E-state index is 8.80. The van der Waals surface area contributed by atoms with Crippen LogP contribution >= 0.6 is 27.5 Å². The van der Waals surface area contributed by atoms with Crippen molar-refractivity contribution in [3.8, 4) is 6.07 Å². The van der Waals surface area contributed by atoms with Crippen molar-refractivity contribution in [2.45, 2.75) is 6.92 Å². The van der Waals surface area contributed by atoms with Crippen LogP contribution in [-0.4, -0.2) is 0 Å². The van der Waals surface area contributed by atoms with Crippen molar-refractivity contribution in [1.82, 2.24) is 0 Å². The van der Waals surface area contributed by atoms with Crippen LogP contribution in [0.3, 0.4) is 0 Å². The van der Waals surface area contributed by atoms with Gasteiger partial charge in [0.05, 0.1) is 28.0 Å². The SMILES string of the molecule is Cc1ccc(Nc2ccc(C#N)cc2Br)c(Cl)c1. The van der Waals surface area contributed by atoms with Crippen LogP contribution in [0.15, 0.2) is 40.9 Å². The molecule has 2 aromatic carbocycles. The zero-order valence-electron chi connectivity index (χ0n) is 9.67. The minimum absolute atomic E-state index is 0.613. The van der Waals surface area contributed by atoms with Gasteiger partial charge >= 0.3 is 0 Å². The first-order valence-electron chi connectivity index (χ1n) is 5.33. The molecule has 0 aliphatic rings. The van der Waals surface area contributed by atoms with Crippen LogP contribution in [0.5, 0.6) is 0 Å². The number of halogens is 2. The summed E-state index contributed by atoms with van der Waals surface area (Å²) in [7, 11) is 0. The molecule has 0 saturated heterocycles. The first-order valence-corrected chi connectivity index (χ1v) is 6.50. The molecular formula is C14H10BrClN2. The fourth-order valence-corrected chi connectivity index (χ4v) is 2.31. The molecule has 4 heteroatoms. The van der Waals surface area contributed by atoms with Crippen LogP contribution in [0.1, 0.15) is 11.1 Å². The molecule has 0 fully saturated rings. The highest BCUT2D eigenvalue weighted by Gasteiger charge is 2.05. The van der Waals surface area contributed by atoms with Gasteiger partial charge in [-0.3, -0.25) is 0 Å². The number of nitrogens with zero attached hydrogens (tertiary/aromatic N) is 1. The van der Waals surface area contributed by atoms with Gasteiger partial charge in [0, 0.05) is 4.47 Å². The second-order valence-corrected chi connectivity index (χ2v) is 5.18. The van der Waals surface area contributed by atoms with Crippen LogP contribution in [0.25, 0.3) is 0 Å². The van der Waals surface area contributed by atoms with Gasteiger partial charge < -0.3 is 5.32 Å². The summed E-state index contributed by atoms with van der Waals surface area (Å²) in [6.07, 6.45) is 0. The Bertz CT molecular complexity index is 632. The predicted octanol–water partition coefficient (Wildman–Crippen LogP) is 5.03. The minimum Gasteiger partial charge on any atom is -0.353 e. The van der Waals surface area contributed by atoms with Gasteiger partial charge in [-0.2, -0.15) is 5.26 Å². The average Bonchev–Trinajstić information content (AvgIpc) is 2.34.